The molecule has 1 saturated carbocycles. The first-order valence-electron chi connectivity index (χ1n) is 6.89. The summed E-state index contributed by atoms with van der Waals surface area (Å²) in [6.45, 7) is 4.43. The molecule has 2 rings (SSSR count). The van der Waals surface area contributed by atoms with Crippen molar-refractivity contribution in [2.75, 3.05) is 7.11 Å². The van der Waals surface area contributed by atoms with Crippen LogP contribution in [0.5, 0.6) is 0 Å². The van der Waals surface area contributed by atoms with Crippen LogP contribution in [0.2, 0.25) is 0 Å². The van der Waals surface area contributed by atoms with Crippen molar-refractivity contribution in [2.45, 2.75) is 51.2 Å². The molecule has 0 saturated heterocycles. The lowest BCUT2D eigenvalue weighted by Gasteiger charge is -2.44. The normalized spacial score (nSPS) is 19.6. The summed E-state index contributed by atoms with van der Waals surface area (Å²) < 4.78 is 5.56. The first-order chi connectivity index (χ1) is 8.57. The molecular formula is C16H24O2. The minimum absolute atomic E-state index is 0.337. The van der Waals surface area contributed by atoms with Crippen LogP contribution in [0.15, 0.2) is 24.3 Å². The first kappa shape index (κ1) is 13.6. The van der Waals surface area contributed by atoms with Crippen LogP contribution in [-0.4, -0.2) is 17.8 Å². The van der Waals surface area contributed by atoms with E-state index >= 15 is 0 Å². The number of methoxy groups -OCH3 is 1. The van der Waals surface area contributed by atoms with E-state index in [1.807, 2.05) is 12.1 Å². The van der Waals surface area contributed by atoms with Gasteiger partial charge in [-0.15, -0.1) is 0 Å². The summed E-state index contributed by atoms with van der Waals surface area (Å²) in [5.74, 6) is 0.637. The smallest absolute Gasteiger partial charge is 0.108 e. The molecular weight excluding hydrogens is 224 g/mol. The van der Waals surface area contributed by atoms with E-state index < -0.39 is 6.10 Å². The van der Waals surface area contributed by atoms with Gasteiger partial charge >= 0.3 is 0 Å². The Morgan fingerprint density at radius 1 is 1.33 bits per heavy atom. The lowest BCUT2D eigenvalue weighted by molar-refractivity contribution is -0.151. The summed E-state index contributed by atoms with van der Waals surface area (Å²) in [6.07, 6.45) is 3.62. The fourth-order valence-electron chi connectivity index (χ4n) is 2.78. The van der Waals surface area contributed by atoms with Crippen molar-refractivity contribution in [1.29, 1.82) is 0 Å². The Balaban J connectivity index is 2.17. The van der Waals surface area contributed by atoms with Crippen molar-refractivity contribution in [1.82, 2.24) is 0 Å². The van der Waals surface area contributed by atoms with Gasteiger partial charge in [-0.2, -0.15) is 0 Å². The van der Waals surface area contributed by atoms with Gasteiger partial charge in [-0.05, 0) is 42.7 Å². The number of rotatable bonds is 5. The van der Waals surface area contributed by atoms with Crippen molar-refractivity contribution < 1.29 is 9.84 Å². The third-order valence-electron chi connectivity index (χ3n) is 4.02. The van der Waals surface area contributed by atoms with Crippen molar-refractivity contribution in [2.24, 2.45) is 5.92 Å². The molecule has 1 aliphatic rings. The highest BCUT2D eigenvalue weighted by Crippen LogP contribution is 2.44. The summed E-state index contributed by atoms with van der Waals surface area (Å²) in [5.41, 5.74) is 1.96. The molecule has 2 nitrogen and oxygen atoms in total. The Kier molecular flexibility index (Phi) is 4.08. The standard InChI is InChI=1S/C16H24O2/c1-12(2)10-13-6-4-7-14(11-13)15(17)16(18-3)8-5-9-16/h4,6-7,11-12,15,17H,5,8-10H2,1-3H3. The molecule has 1 N–H and O–H groups in total. The van der Waals surface area contributed by atoms with E-state index in [-0.39, 0.29) is 5.60 Å². The maximum absolute atomic E-state index is 10.5. The number of aliphatic hydroxyl groups excluding tert-OH is 1. The third kappa shape index (κ3) is 2.60. The van der Waals surface area contributed by atoms with E-state index in [0.29, 0.717) is 5.92 Å². The monoisotopic (exact) mass is 248 g/mol. The third-order valence-corrected chi connectivity index (χ3v) is 4.02. The fraction of sp³-hybridized carbons (Fsp3) is 0.625. The number of hydrogen-bond acceptors (Lipinski definition) is 2. The molecule has 0 radical (unpaired) electrons. The highest BCUT2D eigenvalue weighted by Gasteiger charge is 2.44. The lowest BCUT2D eigenvalue weighted by Crippen LogP contribution is -2.45. The second kappa shape index (κ2) is 5.41. The molecule has 0 bridgehead atoms. The molecule has 1 aromatic carbocycles. The number of ether oxygens (including phenoxy) is 1. The molecule has 0 aromatic heterocycles. The lowest BCUT2D eigenvalue weighted by atomic mass is 9.73. The molecule has 1 unspecified atom stereocenters. The predicted molar refractivity (Wildman–Crippen MR) is 73.5 cm³/mol. The summed E-state index contributed by atoms with van der Waals surface area (Å²) in [5, 5.41) is 10.5. The van der Waals surface area contributed by atoms with Crippen molar-refractivity contribution in [3.05, 3.63) is 35.4 Å². The Morgan fingerprint density at radius 2 is 2.06 bits per heavy atom. The Bertz CT molecular complexity index is 388. The van der Waals surface area contributed by atoms with E-state index in [2.05, 4.69) is 26.0 Å². The van der Waals surface area contributed by atoms with Crippen molar-refractivity contribution >= 4 is 0 Å². The number of hydrogen-bond donors (Lipinski definition) is 1. The Hall–Kier alpha value is -0.860. The average Bonchev–Trinajstić information content (AvgIpc) is 2.27. The molecule has 1 aliphatic carbocycles. The highest BCUT2D eigenvalue weighted by molar-refractivity contribution is 5.28. The Morgan fingerprint density at radius 3 is 2.56 bits per heavy atom. The zero-order valence-electron chi connectivity index (χ0n) is 11.6. The predicted octanol–water partition coefficient (Wildman–Crippen LogP) is 3.49. The van der Waals surface area contributed by atoms with Crippen LogP contribution in [-0.2, 0) is 11.2 Å². The minimum atomic E-state index is -0.497. The maximum atomic E-state index is 10.5. The van der Waals surface area contributed by atoms with E-state index in [9.17, 15) is 5.11 Å². The van der Waals surface area contributed by atoms with Crippen LogP contribution in [0.3, 0.4) is 0 Å². The van der Waals surface area contributed by atoms with Crippen LogP contribution in [0.4, 0.5) is 0 Å². The van der Waals surface area contributed by atoms with Gasteiger partial charge in [0.15, 0.2) is 0 Å². The van der Waals surface area contributed by atoms with Gasteiger partial charge < -0.3 is 9.84 Å². The van der Waals surface area contributed by atoms with Crippen molar-refractivity contribution in [3.8, 4) is 0 Å². The molecule has 1 atom stereocenters. The molecule has 18 heavy (non-hydrogen) atoms. The van der Waals surface area contributed by atoms with Crippen LogP contribution in [0.25, 0.3) is 0 Å². The van der Waals surface area contributed by atoms with Gasteiger partial charge in [-0.1, -0.05) is 38.1 Å². The molecule has 1 aromatic rings. The molecule has 100 valence electrons. The van der Waals surface area contributed by atoms with E-state index in [1.165, 1.54) is 5.56 Å². The minimum Gasteiger partial charge on any atom is -0.385 e. The summed E-state index contributed by atoms with van der Waals surface area (Å²) in [6, 6.07) is 8.31. The Labute approximate surface area is 110 Å². The SMILES string of the molecule is COC1(C(O)c2cccc(CC(C)C)c2)CCC1. The van der Waals surface area contributed by atoms with E-state index in [0.717, 1.165) is 31.2 Å². The van der Waals surface area contributed by atoms with Crippen LogP contribution in [0.1, 0.15) is 50.3 Å². The molecule has 0 aliphatic heterocycles. The van der Waals surface area contributed by atoms with Gasteiger partial charge in [0.25, 0.3) is 0 Å². The van der Waals surface area contributed by atoms with Gasteiger partial charge in [0.2, 0.25) is 0 Å². The van der Waals surface area contributed by atoms with Gasteiger partial charge in [0.05, 0.1) is 5.60 Å². The molecule has 0 heterocycles. The molecule has 0 spiro atoms. The topological polar surface area (TPSA) is 29.5 Å². The fourth-order valence-corrected chi connectivity index (χ4v) is 2.78. The first-order valence-corrected chi connectivity index (χ1v) is 6.89. The summed E-state index contributed by atoms with van der Waals surface area (Å²) in [4.78, 5) is 0. The van der Waals surface area contributed by atoms with Crippen molar-refractivity contribution in [3.63, 3.8) is 0 Å². The zero-order valence-corrected chi connectivity index (χ0v) is 11.6. The molecule has 2 heteroatoms. The van der Waals surface area contributed by atoms with Gasteiger partial charge in [-0.3, -0.25) is 0 Å². The van der Waals surface area contributed by atoms with Crippen LogP contribution < -0.4 is 0 Å². The maximum Gasteiger partial charge on any atom is 0.108 e. The zero-order chi connectivity index (χ0) is 13.2. The van der Waals surface area contributed by atoms with Crippen LogP contribution in [0, 0.1) is 5.92 Å². The summed E-state index contributed by atoms with van der Waals surface area (Å²) >= 11 is 0. The van der Waals surface area contributed by atoms with Gasteiger partial charge in [0.1, 0.15) is 6.10 Å². The summed E-state index contributed by atoms with van der Waals surface area (Å²) in [7, 11) is 1.71. The highest BCUT2D eigenvalue weighted by atomic mass is 16.5. The largest absolute Gasteiger partial charge is 0.385 e. The molecule has 0 amide bonds. The number of benzene rings is 1. The quantitative estimate of drug-likeness (QED) is 0.864. The second-order valence-corrected chi connectivity index (χ2v) is 5.87. The average molecular weight is 248 g/mol. The van der Waals surface area contributed by atoms with E-state index in [4.69, 9.17) is 4.74 Å². The van der Waals surface area contributed by atoms with Gasteiger partial charge in [0, 0.05) is 7.11 Å². The molecule has 1 fully saturated rings. The van der Waals surface area contributed by atoms with Gasteiger partial charge in [-0.25, -0.2) is 0 Å². The van der Waals surface area contributed by atoms with E-state index in [1.54, 1.807) is 7.11 Å². The second-order valence-electron chi connectivity index (χ2n) is 5.87. The number of aliphatic hydroxyl groups is 1. The van der Waals surface area contributed by atoms with Crippen LogP contribution >= 0.6 is 0 Å².